The molecular weight excluding hydrogens is 236 g/mol. The minimum absolute atomic E-state index is 0.308. The SMILES string of the molecule is Cc1cc(C)c(C(C)NCCc2ccco2)c(C)n1. The first-order valence-corrected chi connectivity index (χ1v) is 6.78. The van der Waals surface area contributed by atoms with Gasteiger partial charge in [0.25, 0.3) is 0 Å². The first kappa shape index (κ1) is 13.8. The molecule has 0 amide bonds. The lowest BCUT2D eigenvalue weighted by Gasteiger charge is -2.19. The van der Waals surface area contributed by atoms with E-state index in [0.29, 0.717) is 6.04 Å². The Morgan fingerprint density at radius 2 is 2.11 bits per heavy atom. The fraction of sp³-hybridized carbons (Fsp3) is 0.438. The van der Waals surface area contributed by atoms with Crippen LogP contribution in [0, 0.1) is 20.8 Å². The molecule has 2 heterocycles. The summed E-state index contributed by atoms with van der Waals surface area (Å²) in [6, 6.07) is 6.39. The topological polar surface area (TPSA) is 38.1 Å². The quantitative estimate of drug-likeness (QED) is 0.892. The molecule has 102 valence electrons. The number of rotatable bonds is 5. The van der Waals surface area contributed by atoms with Gasteiger partial charge in [-0.3, -0.25) is 4.98 Å². The number of hydrogen-bond donors (Lipinski definition) is 1. The number of pyridine rings is 1. The average Bonchev–Trinajstić information content (AvgIpc) is 2.80. The van der Waals surface area contributed by atoms with Crippen molar-refractivity contribution in [2.45, 2.75) is 40.2 Å². The van der Waals surface area contributed by atoms with E-state index in [9.17, 15) is 0 Å². The van der Waals surface area contributed by atoms with Crippen LogP contribution in [0.15, 0.2) is 28.9 Å². The number of nitrogens with one attached hydrogen (secondary N) is 1. The summed E-state index contributed by atoms with van der Waals surface area (Å²) in [6.07, 6.45) is 2.63. The lowest BCUT2D eigenvalue weighted by Crippen LogP contribution is -2.23. The van der Waals surface area contributed by atoms with Crippen LogP contribution >= 0.6 is 0 Å². The second kappa shape index (κ2) is 6.02. The van der Waals surface area contributed by atoms with E-state index < -0.39 is 0 Å². The first-order chi connectivity index (χ1) is 9.08. The lowest BCUT2D eigenvalue weighted by molar-refractivity contribution is 0.485. The molecule has 3 nitrogen and oxygen atoms in total. The van der Waals surface area contributed by atoms with Crippen LogP contribution in [0.25, 0.3) is 0 Å². The third-order valence-electron chi connectivity index (χ3n) is 3.42. The molecule has 0 aliphatic carbocycles. The molecule has 1 unspecified atom stereocenters. The number of aryl methyl sites for hydroxylation is 3. The summed E-state index contributed by atoms with van der Waals surface area (Å²) in [5.74, 6) is 1.02. The Morgan fingerprint density at radius 1 is 1.32 bits per heavy atom. The summed E-state index contributed by atoms with van der Waals surface area (Å²) >= 11 is 0. The highest BCUT2D eigenvalue weighted by Crippen LogP contribution is 2.21. The van der Waals surface area contributed by atoms with Crippen molar-refractivity contribution in [1.82, 2.24) is 10.3 Å². The highest BCUT2D eigenvalue weighted by Gasteiger charge is 2.12. The van der Waals surface area contributed by atoms with Crippen LogP contribution in [-0.2, 0) is 6.42 Å². The zero-order valence-corrected chi connectivity index (χ0v) is 12.2. The molecule has 2 aromatic heterocycles. The Bertz CT molecular complexity index is 509. The highest BCUT2D eigenvalue weighted by atomic mass is 16.3. The third kappa shape index (κ3) is 3.44. The molecule has 0 spiro atoms. The van der Waals surface area contributed by atoms with E-state index in [1.54, 1.807) is 6.26 Å². The Balaban J connectivity index is 1.98. The zero-order chi connectivity index (χ0) is 13.8. The second-order valence-corrected chi connectivity index (χ2v) is 5.08. The molecule has 1 N–H and O–H groups in total. The Kier molecular flexibility index (Phi) is 4.38. The van der Waals surface area contributed by atoms with Crippen LogP contribution in [0.1, 0.15) is 41.2 Å². The van der Waals surface area contributed by atoms with E-state index in [1.807, 2.05) is 19.1 Å². The van der Waals surface area contributed by atoms with E-state index in [0.717, 1.165) is 30.1 Å². The van der Waals surface area contributed by atoms with Crippen molar-refractivity contribution in [3.05, 3.63) is 52.7 Å². The molecule has 0 bridgehead atoms. The molecule has 0 fully saturated rings. The van der Waals surface area contributed by atoms with Crippen molar-refractivity contribution in [2.24, 2.45) is 0 Å². The van der Waals surface area contributed by atoms with Gasteiger partial charge in [0, 0.05) is 30.4 Å². The number of hydrogen-bond acceptors (Lipinski definition) is 3. The summed E-state index contributed by atoms with van der Waals surface area (Å²) in [7, 11) is 0. The van der Waals surface area contributed by atoms with Crippen molar-refractivity contribution in [1.29, 1.82) is 0 Å². The Labute approximate surface area is 115 Å². The molecule has 2 aromatic rings. The summed E-state index contributed by atoms with van der Waals surface area (Å²) in [5, 5.41) is 3.54. The number of aromatic nitrogens is 1. The van der Waals surface area contributed by atoms with Gasteiger partial charge in [-0.05, 0) is 57.0 Å². The van der Waals surface area contributed by atoms with E-state index in [2.05, 4.69) is 37.1 Å². The predicted octanol–water partition coefficient (Wildman–Crippen LogP) is 3.49. The molecule has 0 aliphatic heterocycles. The lowest BCUT2D eigenvalue weighted by atomic mass is 10.0. The van der Waals surface area contributed by atoms with Gasteiger partial charge < -0.3 is 9.73 Å². The van der Waals surface area contributed by atoms with Crippen LogP contribution in [0.3, 0.4) is 0 Å². The third-order valence-corrected chi connectivity index (χ3v) is 3.42. The summed E-state index contributed by atoms with van der Waals surface area (Å²) in [6.45, 7) is 9.37. The molecule has 0 aromatic carbocycles. The number of nitrogens with zero attached hydrogens (tertiary/aromatic N) is 1. The summed E-state index contributed by atoms with van der Waals surface area (Å²) in [5.41, 5.74) is 4.82. The fourth-order valence-corrected chi connectivity index (χ4v) is 2.66. The van der Waals surface area contributed by atoms with Gasteiger partial charge in [-0.15, -0.1) is 0 Å². The van der Waals surface area contributed by atoms with Crippen LogP contribution in [0.4, 0.5) is 0 Å². The molecule has 19 heavy (non-hydrogen) atoms. The summed E-state index contributed by atoms with van der Waals surface area (Å²) in [4.78, 5) is 4.55. The molecule has 0 saturated heterocycles. The van der Waals surface area contributed by atoms with Crippen LogP contribution < -0.4 is 5.32 Å². The van der Waals surface area contributed by atoms with Gasteiger partial charge in [0.2, 0.25) is 0 Å². The van der Waals surface area contributed by atoms with Gasteiger partial charge in [-0.25, -0.2) is 0 Å². The van der Waals surface area contributed by atoms with E-state index >= 15 is 0 Å². The van der Waals surface area contributed by atoms with Gasteiger partial charge in [-0.1, -0.05) is 0 Å². The van der Waals surface area contributed by atoms with Gasteiger partial charge in [-0.2, -0.15) is 0 Å². The Hall–Kier alpha value is -1.61. The average molecular weight is 258 g/mol. The van der Waals surface area contributed by atoms with E-state index in [-0.39, 0.29) is 0 Å². The van der Waals surface area contributed by atoms with Crippen LogP contribution in [-0.4, -0.2) is 11.5 Å². The smallest absolute Gasteiger partial charge is 0.105 e. The molecule has 2 rings (SSSR count). The normalized spacial score (nSPS) is 12.6. The van der Waals surface area contributed by atoms with Crippen molar-refractivity contribution in [3.63, 3.8) is 0 Å². The van der Waals surface area contributed by atoms with Crippen molar-refractivity contribution >= 4 is 0 Å². The predicted molar refractivity (Wildman–Crippen MR) is 77.3 cm³/mol. The van der Waals surface area contributed by atoms with Crippen molar-refractivity contribution < 1.29 is 4.42 Å². The van der Waals surface area contributed by atoms with Crippen LogP contribution in [0.5, 0.6) is 0 Å². The van der Waals surface area contributed by atoms with Crippen molar-refractivity contribution in [3.8, 4) is 0 Å². The van der Waals surface area contributed by atoms with Crippen molar-refractivity contribution in [2.75, 3.05) is 6.54 Å². The van der Waals surface area contributed by atoms with E-state index in [4.69, 9.17) is 4.42 Å². The fourth-order valence-electron chi connectivity index (χ4n) is 2.66. The largest absolute Gasteiger partial charge is 0.469 e. The minimum atomic E-state index is 0.308. The van der Waals surface area contributed by atoms with Gasteiger partial charge in [0.15, 0.2) is 0 Å². The van der Waals surface area contributed by atoms with Gasteiger partial charge in [0.1, 0.15) is 5.76 Å². The number of furan rings is 1. The molecular formula is C16H22N2O. The molecule has 0 radical (unpaired) electrons. The zero-order valence-electron chi connectivity index (χ0n) is 12.2. The van der Waals surface area contributed by atoms with Gasteiger partial charge >= 0.3 is 0 Å². The molecule has 1 atom stereocenters. The van der Waals surface area contributed by atoms with Gasteiger partial charge in [0.05, 0.1) is 6.26 Å². The van der Waals surface area contributed by atoms with E-state index in [1.165, 1.54) is 11.1 Å². The minimum Gasteiger partial charge on any atom is -0.469 e. The van der Waals surface area contributed by atoms with Crippen LogP contribution in [0.2, 0.25) is 0 Å². The molecule has 3 heteroatoms. The summed E-state index contributed by atoms with van der Waals surface area (Å²) < 4.78 is 5.33. The second-order valence-electron chi connectivity index (χ2n) is 5.08. The maximum absolute atomic E-state index is 5.33. The molecule has 0 aliphatic rings. The first-order valence-electron chi connectivity index (χ1n) is 6.78. The Morgan fingerprint density at radius 3 is 2.74 bits per heavy atom. The maximum Gasteiger partial charge on any atom is 0.105 e. The standard InChI is InChI=1S/C16H22N2O/c1-11-10-12(2)18-14(4)16(11)13(3)17-8-7-15-6-5-9-19-15/h5-6,9-10,13,17H,7-8H2,1-4H3. The monoisotopic (exact) mass is 258 g/mol. The maximum atomic E-state index is 5.33. The molecule has 0 saturated carbocycles. The highest BCUT2D eigenvalue weighted by molar-refractivity contribution is 5.33.